The molecule has 0 spiro atoms. The highest BCUT2D eigenvalue weighted by Crippen LogP contribution is 2.27. The first kappa shape index (κ1) is 14.9. The van der Waals surface area contributed by atoms with Crippen LogP contribution in [0.4, 0.5) is 5.69 Å². The van der Waals surface area contributed by atoms with Crippen molar-refractivity contribution in [3.05, 3.63) is 29.3 Å². The van der Waals surface area contributed by atoms with E-state index in [1.807, 2.05) is 0 Å². The van der Waals surface area contributed by atoms with Gasteiger partial charge in [0, 0.05) is 37.4 Å². The Kier molecular flexibility index (Phi) is 4.51. The molecular formula is C18H29N3. The van der Waals surface area contributed by atoms with E-state index in [-0.39, 0.29) is 0 Å². The Bertz CT molecular complexity index is 481. The van der Waals surface area contributed by atoms with Gasteiger partial charge in [0.25, 0.3) is 0 Å². The van der Waals surface area contributed by atoms with E-state index in [1.54, 1.807) is 0 Å². The van der Waals surface area contributed by atoms with Crippen LogP contribution in [-0.2, 0) is 6.54 Å². The second kappa shape index (κ2) is 6.37. The fourth-order valence-electron chi connectivity index (χ4n) is 3.41. The van der Waals surface area contributed by atoms with Gasteiger partial charge in [0.15, 0.2) is 0 Å². The molecule has 2 fully saturated rings. The number of rotatable bonds is 4. The van der Waals surface area contributed by atoms with Crippen molar-refractivity contribution in [3.8, 4) is 0 Å². The lowest BCUT2D eigenvalue weighted by Crippen LogP contribution is -2.38. The summed E-state index contributed by atoms with van der Waals surface area (Å²) in [6, 6.07) is 8.32. The van der Waals surface area contributed by atoms with E-state index in [9.17, 15) is 0 Å². The number of nitrogens with zero attached hydrogens (tertiary/aromatic N) is 2. The zero-order valence-electron chi connectivity index (χ0n) is 13.7. The first-order valence-electron chi connectivity index (χ1n) is 8.41. The SMILES string of the molecule is Cc1ccc(N2CCCN(C)CC2C)c(CNC2CC2)c1. The number of likely N-dealkylation sites (N-methyl/N-ethyl adjacent to an activating group) is 1. The highest BCUT2D eigenvalue weighted by molar-refractivity contribution is 5.56. The number of benzene rings is 1. The van der Waals surface area contributed by atoms with Crippen LogP contribution in [0.25, 0.3) is 0 Å². The molecule has 3 nitrogen and oxygen atoms in total. The molecule has 1 N–H and O–H groups in total. The first-order valence-corrected chi connectivity index (χ1v) is 8.41. The molecule has 0 bridgehead atoms. The maximum Gasteiger partial charge on any atom is 0.0414 e. The Hall–Kier alpha value is -1.06. The summed E-state index contributed by atoms with van der Waals surface area (Å²) in [4.78, 5) is 5.08. The van der Waals surface area contributed by atoms with Gasteiger partial charge in [0.05, 0.1) is 0 Å². The zero-order chi connectivity index (χ0) is 14.8. The van der Waals surface area contributed by atoms with Crippen molar-refractivity contribution in [1.82, 2.24) is 10.2 Å². The van der Waals surface area contributed by atoms with E-state index < -0.39 is 0 Å². The lowest BCUT2D eigenvalue weighted by Gasteiger charge is -2.32. The normalized spacial score (nSPS) is 24.1. The highest BCUT2D eigenvalue weighted by atomic mass is 15.2. The van der Waals surface area contributed by atoms with Crippen molar-refractivity contribution in [2.45, 2.75) is 51.7 Å². The van der Waals surface area contributed by atoms with Gasteiger partial charge in [0.1, 0.15) is 0 Å². The quantitative estimate of drug-likeness (QED) is 0.918. The van der Waals surface area contributed by atoms with E-state index >= 15 is 0 Å². The van der Waals surface area contributed by atoms with Gasteiger partial charge in [-0.25, -0.2) is 0 Å². The first-order chi connectivity index (χ1) is 10.1. The molecule has 21 heavy (non-hydrogen) atoms. The molecule has 0 radical (unpaired) electrons. The van der Waals surface area contributed by atoms with Crippen molar-refractivity contribution in [1.29, 1.82) is 0 Å². The maximum absolute atomic E-state index is 3.68. The minimum Gasteiger partial charge on any atom is -0.367 e. The number of hydrogen-bond donors (Lipinski definition) is 1. The lowest BCUT2D eigenvalue weighted by molar-refractivity contribution is 0.337. The minimum absolute atomic E-state index is 0.583. The second-order valence-electron chi connectivity index (χ2n) is 6.95. The molecule has 1 aromatic carbocycles. The number of hydrogen-bond acceptors (Lipinski definition) is 3. The van der Waals surface area contributed by atoms with Crippen molar-refractivity contribution >= 4 is 5.69 Å². The van der Waals surface area contributed by atoms with Crippen molar-refractivity contribution in [2.75, 3.05) is 31.6 Å². The van der Waals surface area contributed by atoms with E-state index in [4.69, 9.17) is 0 Å². The van der Waals surface area contributed by atoms with Gasteiger partial charge in [-0.3, -0.25) is 0 Å². The van der Waals surface area contributed by atoms with Gasteiger partial charge in [-0.2, -0.15) is 0 Å². The van der Waals surface area contributed by atoms with Crippen LogP contribution in [-0.4, -0.2) is 43.7 Å². The second-order valence-corrected chi connectivity index (χ2v) is 6.95. The van der Waals surface area contributed by atoms with Gasteiger partial charge in [-0.1, -0.05) is 17.7 Å². The molecular weight excluding hydrogens is 258 g/mol. The third-order valence-corrected chi connectivity index (χ3v) is 4.75. The van der Waals surface area contributed by atoms with Gasteiger partial charge >= 0.3 is 0 Å². The molecule has 1 aromatic rings. The fourth-order valence-corrected chi connectivity index (χ4v) is 3.41. The molecule has 3 rings (SSSR count). The maximum atomic E-state index is 3.68. The molecule has 1 saturated heterocycles. The summed E-state index contributed by atoms with van der Waals surface area (Å²) in [6.45, 7) is 9.11. The van der Waals surface area contributed by atoms with Crippen LogP contribution < -0.4 is 10.2 Å². The molecule has 116 valence electrons. The Labute approximate surface area is 129 Å². The topological polar surface area (TPSA) is 18.5 Å². The monoisotopic (exact) mass is 287 g/mol. The molecule has 0 aromatic heterocycles. The van der Waals surface area contributed by atoms with E-state index in [0.29, 0.717) is 6.04 Å². The molecule has 2 aliphatic rings. The number of aryl methyl sites for hydroxylation is 1. The van der Waals surface area contributed by atoms with E-state index in [0.717, 1.165) is 19.1 Å². The van der Waals surface area contributed by atoms with Gasteiger partial charge < -0.3 is 15.1 Å². The van der Waals surface area contributed by atoms with Crippen LogP contribution in [0.1, 0.15) is 37.3 Å². The van der Waals surface area contributed by atoms with Crippen molar-refractivity contribution in [3.63, 3.8) is 0 Å². The number of nitrogens with one attached hydrogen (secondary N) is 1. The predicted octanol–water partition coefficient (Wildman–Crippen LogP) is 2.78. The molecule has 1 saturated carbocycles. The molecule has 1 aliphatic carbocycles. The molecule has 1 atom stereocenters. The summed E-state index contributed by atoms with van der Waals surface area (Å²) >= 11 is 0. The summed E-state index contributed by atoms with van der Waals surface area (Å²) < 4.78 is 0. The van der Waals surface area contributed by atoms with Crippen molar-refractivity contribution < 1.29 is 0 Å². The van der Waals surface area contributed by atoms with E-state index in [2.05, 4.69) is 54.2 Å². The fraction of sp³-hybridized carbons (Fsp3) is 0.667. The van der Waals surface area contributed by atoms with E-state index in [1.165, 1.54) is 49.2 Å². The summed E-state index contributed by atoms with van der Waals surface area (Å²) in [5.41, 5.74) is 4.28. The third kappa shape index (κ3) is 3.78. The molecule has 1 unspecified atom stereocenters. The van der Waals surface area contributed by atoms with Crippen LogP contribution in [0.15, 0.2) is 18.2 Å². The van der Waals surface area contributed by atoms with Gasteiger partial charge in [-0.15, -0.1) is 0 Å². The molecule has 0 amide bonds. The molecule has 1 heterocycles. The summed E-state index contributed by atoms with van der Waals surface area (Å²) in [5, 5.41) is 3.68. The lowest BCUT2D eigenvalue weighted by atomic mass is 10.1. The van der Waals surface area contributed by atoms with Gasteiger partial charge in [-0.05, 0) is 58.3 Å². The van der Waals surface area contributed by atoms with Crippen LogP contribution >= 0.6 is 0 Å². The predicted molar refractivity (Wildman–Crippen MR) is 90.0 cm³/mol. The smallest absolute Gasteiger partial charge is 0.0414 e. The Morgan fingerprint density at radius 2 is 2.05 bits per heavy atom. The highest BCUT2D eigenvalue weighted by Gasteiger charge is 2.24. The Balaban J connectivity index is 1.81. The zero-order valence-corrected chi connectivity index (χ0v) is 13.7. The number of anilines is 1. The standard InChI is InChI=1S/C18H29N3/c1-14-5-8-18(16(11-14)12-19-17-6-7-17)21-10-4-9-20(3)13-15(21)2/h5,8,11,15,17,19H,4,6-7,9-10,12-13H2,1-3H3. The average Bonchev–Trinajstić information content (AvgIpc) is 3.26. The third-order valence-electron chi connectivity index (χ3n) is 4.75. The Morgan fingerprint density at radius 3 is 2.81 bits per heavy atom. The minimum atomic E-state index is 0.583. The van der Waals surface area contributed by atoms with Crippen LogP contribution in [0.5, 0.6) is 0 Å². The van der Waals surface area contributed by atoms with Crippen molar-refractivity contribution in [2.24, 2.45) is 0 Å². The average molecular weight is 287 g/mol. The Morgan fingerprint density at radius 1 is 1.24 bits per heavy atom. The summed E-state index contributed by atoms with van der Waals surface area (Å²) in [5.74, 6) is 0. The van der Waals surface area contributed by atoms with Crippen LogP contribution in [0.3, 0.4) is 0 Å². The molecule has 1 aliphatic heterocycles. The van der Waals surface area contributed by atoms with Crippen LogP contribution in [0.2, 0.25) is 0 Å². The molecule has 3 heteroatoms. The largest absolute Gasteiger partial charge is 0.367 e. The van der Waals surface area contributed by atoms with Gasteiger partial charge in [0.2, 0.25) is 0 Å². The van der Waals surface area contributed by atoms with Crippen LogP contribution in [0, 0.1) is 6.92 Å². The summed E-state index contributed by atoms with van der Waals surface area (Å²) in [6.07, 6.45) is 3.96. The summed E-state index contributed by atoms with van der Waals surface area (Å²) in [7, 11) is 2.24.